The number of alkyl halides is 6. The van der Waals surface area contributed by atoms with E-state index in [9.17, 15) is 35.9 Å². The van der Waals surface area contributed by atoms with Gasteiger partial charge < -0.3 is 14.2 Å². The third-order valence-electron chi connectivity index (χ3n) is 7.23. The van der Waals surface area contributed by atoms with Crippen LogP contribution >= 0.6 is 0 Å². The molecule has 0 spiro atoms. The van der Waals surface area contributed by atoms with Crippen LogP contribution in [-0.4, -0.2) is 25.2 Å². The molecule has 0 aliphatic carbocycles. The number of carbonyl (C=O) groups excluding carboxylic acids is 2. The van der Waals surface area contributed by atoms with Crippen molar-refractivity contribution >= 4 is 11.9 Å². The molecule has 0 N–H and O–H groups in total. The van der Waals surface area contributed by atoms with Gasteiger partial charge in [-0.3, -0.25) is 0 Å². The largest absolute Gasteiger partial charge is 0.494 e. The summed E-state index contributed by atoms with van der Waals surface area (Å²) in [7, 11) is 0. The van der Waals surface area contributed by atoms with E-state index in [2.05, 4.69) is 13.2 Å². The van der Waals surface area contributed by atoms with Crippen LogP contribution in [0.5, 0.6) is 11.5 Å². The number of rotatable bonds is 17. The van der Waals surface area contributed by atoms with Crippen LogP contribution in [0.1, 0.15) is 60.8 Å². The second-order valence-electron chi connectivity index (χ2n) is 10.7. The van der Waals surface area contributed by atoms with Crippen molar-refractivity contribution in [3.63, 3.8) is 0 Å². The Balaban J connectivity index is 1.66. The Morgan fingerprint density at radius 2 is 1.17 bits per heavy atom. The molecule has 0 saturated heterocycles. The Hall–Kier alpha value is -4.54. The van der Waals surface area contributed by atoms with E-state index in [1.165, 1.54) is 48.5 Å². The van der Waals surface area contributed by atoms with Gasteiger partial charge in [-0.15, -0.1) is 0 Å². The fourth-order valence-electron chi connectivity index (χ4n) is 4.94. The first-order valence-electron chi connectivity index (χ1n) is 15.1. The number of halogens is 6. The molecule has 252 valence electrons. The molecule has 0 aromatic heterocycles. The second-order valence-corrected chi connectivity index (χ2v) is 10.7. The average Bonchev–Trinajstić information content (AvgIpc) is 3.04. The van der Waals surface area contributed by atoms with Crippen molar-refractivity contribution in [3.05, 3.63) is 108 Å². The predicted molar refractivity (Wildman–Crippen MR) is 166 cm³/mol. The van der Waals surface area contributed by atoms with Crippen LogP contribution in [-0.2, 0) is 39.5 Å². The van der Waals surface area contributed by atoms with Crippen LogP contribution in [0.3, 0.4) is 0 Å². The maximum absolute atomic E-state index is 14.3. The summed E-state index contributed by atoms with van der Waals surface area (Å²) in [6, 6.07) is 13.6. The molecule has 0 heterocycles. The number of carbonyl (C=O) groups is 2. The van der Waals surface area contributed by atoms with Crippen LogP contribution in [0.4, 0.5) is 26.3 Å². The summed E-state index contributed by atoms with van der Waals surface area (Å²) >= 11 is 0. The van der Waals surface area contributed by atoms with Crippen molar-refractivity contribution in [2.75, 3.05) is 13.2 Å². The smallest absolute Gasteiger partial charge is 0.417 e. The fourth-order valence-corrected chi connectivity index (χ4v) is 4.94. The molecule has 3 rings (SSSR count). The lowest BCUT2D eigenvalue weighted by Crippen LogP contribution is -2.20. The Morgan fingerprint density at radius 1 is 0.617 bits per heavy atom. The molecule has 0 bridgehead atoms. The van der Waals surface area contributed by atoms with Gasteiger partial charge in [0.15, 0.2) is 0 Å². The first-order chi connectivity index (χ1) is 22.3. The van der Waals surface area contributed by atoms with Gasteiger partial charge in [0.05, 0.1) is 24.3 Å². The van der Waals surface area contributed by atoms with Crippen LogP contribution in [0.15, 0.2) is 86.0 Å². The molecule has 0 amide bonds. The van der Waals surface area contributed by atoms with Gasteiger partial charge in [-0.1, -0.05) is 75.2 Å². The standard InChI is InChI=1S/C36H36F6O5/c1-3-31(43)46-24-10-8-6-5-7-9-23-45-28-20-15-26(16-21-28)30-22-17-27(33(35(37,38)39)34(30)36(40,41)42)14-11-25-12-18-29(19-13-25)47-32(44)4-2/h3-4,12-13,15-22H,1-2,5-11,14,23-24H2. The highest BCUT2D eigenvalue weighted by Gasteiger charge is 2.46. The Morgan fingerprint density at radius 3 is 1.74 bits per heavy atom. The minimum absolute atomic E-state index is 0.0225. The highest BCUT2D eigenvalue weighted by atomic mass is 19.4. The molecule has 0 radical (unpaired) electrons. The summed E-state index contributed by atoms with van der Waals surface area (Å²) in [4.78, 5) is 22.3. The SMILES string of the molecule is C=CC(=O)OCCCCCCCCOc1ccc(-c2ccc(CCc3ccc(OC(=O)C=C)cc3)c(C(F)(F)F)c2C(F)(F)F)cc1. The first kappa shape index (κ1) is 36.9. The van der Waals surface area contributed by atoms with E-state index in [1.54, 1.807) is 0 Å². The van der Waals surface area contributed by atoms with Gasteiger partial charge >= 0.3 is 24.3 Å². The highest BCUT2D eigenvalue weighted by Crippen LogP contribution is 2.47. The monoisotopic (exact) mass is 662 g/mol. The molecular formula is C36H36F6O5. The molecule has 0 aliphatic heterocycles. The van der Waals surface area contributed by atoms with Crippen molar-refractivity contribution in [2.24, 2.45) is 0 Å². The van der Waals surface area contributed by atoms with Crippen molar-refractivity contribution in [2.45, 2.75) is 63.7 Å². The quantitative estimate of drug-likeness (QED) is 0.0474. The number of hydrogen-bond donors (Lipinski definition) is 0. The first-order valence-corrected chi connectivity index (χ1v) is 15.1. The van der Waals surface area contributed by atoms with Crippen LogP contribution in [0, 0.1) is 0 Å². The molecule has 0 aliphatic rings. The van der Waals surface area contributed by atoms with Crippen molar-refractivity contribution < 1.29 is 50.1 Å². The summed E-state index contributed by atoms with van der Waals surface area (Å²) in [5.74, 6) is -0.535. The summed E-state index contributed by atoms with van der Waals surface area (Å²) < 4.78 is 101. The topological polar surface area (TPSA) is 61.8 Å². The minimum Gasteiger partial charge on any atom is -0.494 e. The lowest BCUT2D eigenvalue weighted by molar-refractivity contribution is -0.162. The van der Waals surface area contributed by atoms with Gasteiger partial charge in [-0.05, 0) is 72.2 Å². The average molecular weight is 663 g/mol. The van der Waals surface area contributed by atoms with Gasteiger partial charge in [0.1, 0.15) is 11.5 Å². The molecule has 0 fully saturated rings. The van der Waals surface area contributed by atoms with Crippen LogP contribution in [0.2, 0.25) is 0 Å². The van der Waals surface area contributed by atoms with Gasteiger partial charge in [0, 0.05) is 12.2 Å². The van der Waals surface area contributed by atoms with E-state index >= 15 is 0 Å². The minimum atomic E-state index is -5.28. The van der Waals surface area contributed by atoms with Gasteiger partial charge in [0.25, 0.3) is 0 Å². The van der Waals surface area contributed by atoms with Crippen molar-refractivity contribution in [3.8, 4) is 22.6 Å². The van der Waals surface area contributed by atoms with E-state index in [-0.39, 0.29) is 24.2 Å². The lowest BCUT2D eigenvalue weighted by atomic mass is 9.89. The third kappa shape index (κ3) is 11.6. The number of unbranched alkanes of at least 4 members (excludes halogenated alkanes) is 5. The number of ether oxygens (including phenoxy) is 3. The Kier molecular flexibility index (Phi) is 13.7. The van der Waals surface area contributed by atoms with E-state index in [0.717, 1.165) is 62.8 Å². The molecule has 0 unspecified atom stereocenters. The summed E-state index contributed by atoms with van der Waals surface area (Å²) in [6.45, 7) is 7.35. The molecule has 3 aromatic carbocycles. The summed E-state index contributed by atoms with van der Waals surface area (Å²) in [6.07, 6.45) is -3.51. The Labute approximate surface area is 269 Å². The third-order valence-corrected chi connectivity index (χ3v) is 7.23. The van der Waals surface area contributed by atoms with E-state index in [1.807, 2.05) is 0 Å². The highest BCUT2D eigenvalue weighted by molar-refractivity contribution is 5.83. The normalized spacial score (nSPS) is 11.5. The van der Waals surface area contributed by atoms with Crippen molar-refractivity contribution in [1.29, 1.82) is 0 Å². The molecule has 47 heavy (non-hydrogen) atoms. The Bertz CT molecular complexity index is 1490. The second kappa shape index (κ2) is 17.4. The summed E-state index contributed by atoms with van der Waals surface area (Å²) in [5, 5.41) is 0. The summed E-state index contributed by atoms with van der Waals surface area (Å²) in [5.41, 5.74) is -3.97. The van der Waals surface area contributed by atoms with Gasteiger partial charge in [-0.2, -0.15) is 26.3 Å². The van der Waals surface area contributed by atoms with Crippen molar-refractivity contribution in [1.82, 2.24) is 0 Å². The number of aryl methyl sites for hydroxylation is 2. The van der Waals surface area contributed by atoms with Crippen LogP contribution in [0.25, 0.3) is 11.1 Å². The molecule has 0 saturated carbocycles. The van der Waals surface area contributed by atoms with E-state index < -0.39 is 46.5 Å². The van der Waals surface area contributed by atoms with E-state index in [4.69, 9.17) is 14.2 Å². The molecule has 3 aromatic rings. The molecule has 0 atom stereocenters. The number of esters is 2. The van der Waals surface area contributed by atoms with Gasteiger partial charge in [0.2, 0.25) is 0 Å². The predicted octanol–water partition coefficient (Wildman–Crippen LogP) is 9.72. The number of hydrogen-bond acceptors (Lipinski definition) is 5. The van der Waals surface area contributed by atoms with Crippen LogP contribution < -0.4 is 9.47 Å². The van der Waals surface area contributed by atoms with E-state index in [0.29, 0.717) is 24.5 Å². The zero-order valence-electron chi connectivity index (χ0n) is 25.7. The maximum Gasteiger partial charge on any atom is 0.417 e. The zero-order valence-corrected chi connectivity index (χ0v) is 25.7. The molecule has 11 heteroatoms. The van der Waals surface area contributed by atoms with Gasteiger partial charge in [-0.25, -0.2) is 9.59 Å². The molecular weight excluding hydrogens is 626 g/mol. The number of benzene rings is 3. The fraction of sp³-hybridized carbons (Fsp3) is 0.333. The lowest BCUT2D eigenvalue weighted by Gasteiger charge is -2.23. The molecule has 5 nitrogen and oxygen atoms in total. The zero-order chi connectivity index (χ0) is 34.5. The maximum atomic E-state index is 14.3.